The Morgan fingerprint density at radius 1 is 1.44 bits per heavy atom. The van der Waals surface area contributed by atoms with Crippen molar-refractivity contribution in [2.75, 3.05) is 13.2 Å². The number of aryl methyl sites for hydroxylation is 1. The predicted octanol–water partition coefficient (Wildman–Crippen LogP) is 3.18. The molecule has 1 saturated heterocycles. The molecule has 0 N–H and O–H groups in total. The lowest BCUT2D eigenvalue weighted by molar-refractivity contribution is 0.116. The van der Waals surface area contributed by atoms with Crippen LogP contribution in [0.15, 0.2) is 29.4 Å². The minimum absolute atomic E-state index is 0.0854. The molecule has 2 atom stereocenters. The summed E-state index contributed by atoms with van der Waals surface area (Å²) in [5.74, 6) is 0.444. The van der Waals surface area contributed by atoms with Crippen LogP contribution in [0.5, 0.6) is 0 Å². The van der Waals surface area contributed by atoms with Gasteiger partial charge in [-0.1, -0.05) is 34.9 Å². The Bertz CT molecular complexity index is 395. The monoisotopic (exact) mass is 217 g/mol. The van der Waals surface area contributed by atoms with Gasteiger partial charge in [-0.15, -0.1) is 0 Å². The fourth-order valence-corrected chi connectivity index (χ4v) is 2.03. The second-order valence-corrected chi connectivity index (χ2v) is 4.21. The van der Waals surface area contributed by atoms with Crippen LogP contribution < -0.4 is 0 Å². The molecule has 1 aromatic rings. The first-order chi connectivity index (χ1) is 7.79. The highest BCUT2D eigenvalue weighted by atomic mass is 16.5. The molecule has 0 spiro atoms. The standard InChI is InChI=1S/C12H15N3O/c1-9-2-4-10(5-3-9)11-6-12(16-8-11)7-14-15-13/h2-5,11-12H,6-8H2,1H3/t11-,12+/m0/s1. The lowest BCUT2D eigenvalue weighted by Gasteiger charge is -2.08. The maximum absolute atomic E-state index is 8.24. The van der Waals surface area contributed by atoms with Gasteiger partial charge in [-0.2, -0.15) is 0 Å². The Morgan fingerprint density at radius 3 is 2.88 bits per heavy atom. The molecule has 16 heavy (non-hydrogen) atoms. The third-order valence-corrected chi connectivity index (χ3v) is 2.98. The Balaban J connectivity index is 1.97. The Morgan fingerprint density at radius 2 is 2.19 bits per heavy atom. The summed E-state index contributed by atoms with van der Waals surface area (Å²) in [4.78, 5) is 2.75. The van der Waals surface area contributed by atoms with Gasteiger partial charge in [-0.3, -0.25) is 0 Å². The van der Waals surface area contributed by atoms with Gasteiger partial charge in [0.25, 0.3) is 0 Å². The number of ether oxygens (including phenoxy) is 1. The van der Waals surface area contributed by atoms with E-state index in [1.165, 1.54) is 11.1 Å². The van der Waals surface area contributed by atoms with E-state index in [-0.39, 0.29) is 6.10 Å². The van der Waals surface area contributed by atoms with Crippen LogP contribution in [0.3, 0.4) is 0 Å². The molecule has 0 bridgehead atoms. The van der Waals surface area contributed by atoms with Gasteiger partial charge in [-0.25, -0.2) is 0 Å². The first kappa shape index (κ1) is 11.0. The van der Waals surface area contributed by atoms with Crippen LogP contribution in [0.2, 0.25) is 0 Å². The highest BCUT2D eigenvalue weighted by Gasteiger charge is 2.25. The van der Waals surface area contributed by atoms with Crippen LogP contribution in [-0.4, -0.2) is 19.3 Å². The summed E-state index contributed by atoms with van der Waals surface area (Å²) in [6.45, 7) is 3.26. The highest BCUT2D eigenvalue weighted by Crippen LogP contribution is 2.29. The van der Waals surface area contributed by atoms with Gasteiger partial charge in [0.1, 0.15) is 0 Å². The number of hydrogen-bond acceptors (Lipinski definition) is 2. The first-order valence-corrected chi connectivity index (χ1v) is 5.48. The van der Waals surface area contributed by atoms with E-state index in [0.717, 1.165) is 13.0 Å². The molecule has 0 radical (unpaired) electrons. The number of azide groups is 1. The van der Waals surface area contributed by atoms with Gasteiger partial charge in [0.05, 0.1) is 19.3 Å². The first-order valence-electron chi connectivity index (χ1n) is 5.48. The van der Waals surface area contributed by atoms with Crippen LogP contribution >= 0.6 is 0 Å². The quantitative estimate of drug-likeness (QED) is 0.435. The van der Waals surface area contributed by atoms with E-state index >= 15 is 0 Å². The Kier molecular flexibility index (Phi) is 3.44. The average molecular weight is 217 g/mol. The van der Waals surface area contributed by atoms with Gasteiger partial charge >= 0.3 is 0 Å². The van der Waals surface area contributed by atoms with Crippen molar-refractivity contribution >= 4 is 0 Å². The third-order valence-electron chi connectivity index (χ3n) is 2.98. The lowest BCUT2D eigenvalue weighted by atomic mass is 9.95. The summed E-state index contributed by atoms with van der Waals surface area (Å²) < 4.78 is 5.59. The molecule has 0 unspecified atom stereocenters. The number of benzene rings is 1. The van der Waals surface area contributed by atoms with E-state index in [4.69, 9.17) is 10.3 Å². The SMILES string of the molecule is Cc1ccc([C@@H]2CO[C@@H](CN=[N+]=[N-])C2)cc1. The van der Waals surface area contributed by atoms with E-state index in [1.54, 1.807) is 0 Å². The largest absolute Gasteiger partial charge is 0.377 e. The maximum atomic E-state index is 8.24. The molecule has 1 aromatic carbocycles. The topological polar surface area (TPSA) is 58.0 Å². The number of nitrogens with zero attached hydrogens (tertiary/aromatic N) is 3. The molecule has 0 saturated carbocycles. The van der Waals surface area contributed by atoms with Crippen molar-refractivity contribution in [2.45, 2.75) is 25.4 Å². The zero-order valence-electron chi connectivity index (χ0n) is 9.34. The van der Waals surface area contributed by atoms with E-state index in [0.29, 0.717) is 12.5 Å². The second kappa shape index (κ2) is 5.01. The Labute approximate surface area is 94.9 Å². The molecule has 1 aliphatic rings. The lowest BCUT2D eigenvalue weighted by Crippen LogP contribution is -2.08. The minimum Gasteiger partial charge on any atom is -0.377 e. The molecular formula is C12H15N3O. The minimum atomic E-state index is 0.0854. The summed E-state index contributed by atoms with van der Waals surface area (Å²) in [5, 5.41) is 3.55. The van der Waals surface area contributed by atoms with E-state index in [2.05, 4.69) is 41.2 Å². The maximum Gasteiger partial charge on any atom is 0.0638 e. The molecule has 4 nitrogen and oxygen atoms in total. The normalized spacial score (nSPS) is 24.1. The fourth-order valence-electron chi connectivity index (χ4n) is 2.03. The molecule has 0 aliphatic carbocycles. The van der Waals surface area contributed by atoms with Gasteiger partial charge in [-0.05, 0) is 24.4 Å². The molecular weight excluding hydrogens is 202 g/mol. The summed E-state index contributed by atoms with van der Waals surface area (Å²) in [7, 11) is 0. The van der Waals surface area contributed by atoms with Crippen molar-refractivity contribution < 1.29 is 4.74 Å². The van der Waals surface area contributed by atoms with Crippen molar-refractivity contribution in [1.29, 1.82) is 0 Å². The van der Waals surface area contributed by atoms with Gasteiger partial charge in [0.2, 0.25) is 0 Å². The molecule has 1 heterocycles. The third kappa shape index (κ3) is 2.54. The molecule has 2 rings (SSSR count). The van der Waals surface area contributed by atoms with Gasteiger partial charge < -0.3 is 4.74 Å². The van der Waals surface area contributed by atoms with Crippen LogP contribution in [0.1, 0.15) is 23.5 Å². The fraction of sp³-hybridized carbons (Fsp3) is 0.500. The molecule has 4 heteroatoms. The van der Waals surface area contributed by atoms with E-state index in [9.17, 15) is 0 Å². The van der Waals surface area contributed by atoms with Crippen molar-refractivity contribution in [2.24, 2.45) is 5.11 Å². The van der Waals surface area contributed by atoms with Crippen molar-refractivity contribution in [1.82, 2.24) is 0 Å². The van der Waals surface area contributed by atoms with E-state index in [1.807, 2.05) is 0 Å². The number of hydrogen-bond donors (Lipinski definition) is 0. The van der Waals surface area contributed by atoms with E-state index < -0.39 is 0 Å². The molecule has 0 aromatic heterocycles. The smallest absolute Gasteiger partial charge is 0.0638 e. The van der Waals surface area contributed by atoms with Crippen molar-refractivity contribution in [3.8, 4) is 0 Å². The molecule has 0 amide bonds. The van der Waals surface area contributed by atoms with Crippen LogP contribution in [0, 0.1) is 6.92 Å². The molecule has 1 fully saturated rings. The summed E-state index contributed by atoms with van der Waals surface area (Å²) in [6, 6.07) is 8.55. The summed E-state index contributed by atoms with van der Waals surface area (Å²) in [6.07, 6.45) is 1.03. The summed E-state index contributed by atoms with van der Waals surface area (Å²) >= 11 is 0. The zero-order chi connectivity index (χ0) is 11.4. The molecule has 84 valence electrons. The van der Waals surface area contributed by atoms with Crippen molar-refractivity contribution in [3.05, 3.63) is 45.8 Å². The summed E-state index contributed by atoms with van der Waals surface area (Å²) in [5.41, 5.74) is 10.8. The van der Waals surface area contributed by atoms with Crippen molar-refractivity contribution in [3.63, 3.8) is 0 Å². The highest BCUT2D eigenvalue weighted by molar-refractivity contribution is 5.25. The Hall–Kier alpha value is -1.51. The van der Waals surface area contributed by atoms with Crippen LogP contribution in [0.4, 0.5) is 0 Å². The molecule has 1 aliphatic heterocycles. The van der Waals surface area contributed by atoms with Crippen LogP contribution in [-0.2, 0) is 4.74 Å². The predicted molar refractivity (Wildman–Crippen MR) is 62.3 cm³/mol. The second-order valence-electron chi connectivity index (χ2n) is 4.21. The van der Waals surface area contributed by atoms with Gasteiger partial charge in [0, 0.05) is 10.8 Å². The van der Waals surface area contributed by atoms with Gasteiger partial charge in [0.15, 0.2) is 0 Å². The average Bonchev–Trinajstić information content (AvgIpc) is 2.76. The van der Waals surface area contributed by atoms with Crippen LogP contribution in [0.25, 0.3) is 10.4 Å². The number of rotatable bonds is 3. The zero-order valence-corrected chi connectivity index (χ0v) is 9.34.